The molecule has 3 aromatic rings. The number of aromatic amines is 1. The van der Waals surface area contributed by atoms with Crippen LogP contribution in [0, 0.1) is 0 Å². The average Bonchev–Trinajstić information content (AvgIpc) is 3.26. The number of H-pyrrole nitrogens is 1. The largest absolute Gasteiger partial charge is 0.348 e. The van der Waals surface area contributed by atoms with Crippen molar-refractivity contribution in [3.05, 3.63) is 64.9 Å². The van der Waals surface area contributed by atoms with Gasteiger partial charge in [0.1, 0.15) is 5.82 Å². The molecule has 1 aliphatic rings. The number of fused-ring (bicyclic) bond motifs is 1. The molecule has 0 spiro atoms. The molecule has 0 radical (unpaired) electrons. The molecule has 23 heavy (non-hydrogen) atoms. The molecule has 4 nitrogen and oxygen atoms in total. The highest BCUT2D eigenvalue weighted by Gasteiger charge is 2.51. The molecule has 1 saturated carbocycles. The van der Waals surface area contributed by atoms with E-state index in [1.165, 1.54) is 0 Å². The maximum Gasteiger partial charge on any atom is 0.231 e. The lowest BCUT2D eigenvalue weighted by Gasteiger charge is -2.15. The van der Waals surface area contributed by atoms with Crippen molar-refractivity contribution in [1.82, 2.24) is 15.3 Å². The maximum atomic E-state index is 12.6. The van der Waals surface area contributed by atoms with Gasteiger partial charge in [0, 0.05) is 5.02 Å². The van der Waals surface area contributed by atoms with Gasteiger partial charge < -0.3 is 10.3 Å². The van der Waals surface area contributed by atoms with Crippen LogP contribution in [0.5, 0.6) is 0 Å². The fourth-order valence-electron chi connectivity index (χ4n) is 2.98. The Bertz CT molecular complexity index is 850. The van der Waals surface area contributed by atoms with Gasteiger partial charge in [0.2, 0.25) is 5.91 Å². The predicted octanol–water partition coefficient (Wildman–Crippen LogP) is 3.56. The van der Waals surface area contributed by atoms with Crippen LogP contribution in [0.3, 0.4) is 0 Å². The molecular formula is C18H16ClN3O. The lowest BCUT2D eigenvalue weighted by molar-refractivity contribution is -0.123. The van der Waals surface area contributed by atoms with Crippen molar-refractivity contribution in [3.8, 4) is 0 Å². The minimum absolute atomic E-state index is 0.0419. The van der Waals surface area contributed by atoms with E-state index in [9.17, 15) is 4.79 Å². The second kappa shape index (κ2) is 5.39. The molecule has 0 unspecified atom stereocenters. The average molecular weight is 326 g/mol. The summed E-state index contributed by atoms with van der Waals surface area (Å²) in [7, 11) is 0. The smallest absolute Gasteiger partial charge is 0.231 e. The highest BCUT2D eigenvalue weighted by atomic mass is 35.5. The van der Waals surface area contributed by atoms with Crippen molar-refractivity contribution in [2.24, 2.45) is 0 Å². The monoisotopic (exact) mass is 325 g/mol. The van der Waals surface area contributed by atoms with E-state index < -0.39 is 5.41 Å². The fraction of sp³-hybridized carbons (Fsp3) is 0.222. The van der Waals surface area contributed by atoms with E-state index in [0.717, 1.165) is 35.3 Å². The molecule has 0 aliphatic heterocycles. The Morgan fingerprint density at radius 1 is 1.22 bits per heavy atom. The number of nitrogens with one attached hydrogen (secondary N) is 2. The van der Waals surface area contributed by atoms with Gasteiger partial charge in [-0.25, -0.2) is 4.98 Å². The van der Waals surface area contributed by atoms with Crippen LogP contribution in [0.2, 0.25) is 5.02 Å². The molecule has 1 fully saturated rings. The number of amides is 1. The maximum absolute atomic E-state index is 12.6. The summed E-state index contributed by atoms with van der Waals surface area (Å²) in [4.78, 5) is 20.3. The Kier molecular flexibility index (Phi) is 3.34. The number of hydrogen-bond acceptors (Lipinski definition) is 2. The van der Waals surface area contributed by atoms with Gasteiger partial charge in [-0.05, 0) is 42.7 Å². The SMILES string of the molecule is O=C(NCc1nc2ccccc2[nH]1)C1(c2cccc(Cl)c2)CC1. The molecule has 5 heteroatoms. The summed E-state index contributed by atoms with van der Waals surface area (Å²) in [6, 6.07) is 15.4. The summed E-state index contributed by atoms with van der Waals surface area (Å²) in [5, 5.41) is 3.67. The first-order valence-corrected chi connectivity index (χ1v) is 8.03. The second-order valence-electron chi connectivity index (χ2n) is 5.98. The van der Waals surface area contributed by atoms with Gasteiger partial charge in [0.15, 0.2) is 0 Å². The third kappa shape index (κ3) is 2.59. The van der Waals surface area contributed by atoms with Gasteiger partial charge in [0.25, 0.3) is 0 Å². The van der Waals surface area contributed by atoms with Crippen LogP contribution in [0.15, 0.2) is 48.5 Å². The molecule has 0 saturated heterocycles. The van der Waals surface area contributed by atoms with Crippen molar-refractivity contribution in [2.75, 3.05) is 0 Å². The number of aromatic nitrogens is 2. The summed E-state index contributed by atoms with van der Waals surface area (Å²) < 4.78 is 0. The zero-order chi connectivity index (χ0) is 15.9. The molecular weight excluding hydrogens is 310 g/mol. The zero-order valence-corrected chi connectivity index (χ0v) is 13.2. The molecule has 1 aromatic heterocycles. The number of benzene rings is 2. The standard InChI is InChI=1S/C18H16ClN3O/c19-13-5-3-4-12(10-13)18(8-9-18)17(23)20-11-16-21-14-6-1-2-7-15(14)22-16/h1-7,10H,8-9,11H2,(H,20,23)(H,21,22). The van der Waals surface area contributed by atoms with E-state index in [0.29, 0.717) is 11.6 Å². The van der Waals surface area contributed by atoms with E-state index in [-0.39, 0.29) is 5.91 Å². The lowest BCUT2D eigenvalue weighted by atomic mass is 9.95. The molecule has 4 rings (SSSR count). The number of para-hydroxylation sites is 2. The number of halogens is 1. The first-order chi connectivity index (χ1) is 11.2. The Morgan fingerprint density at radius 2 is 2.04 bits per heavy atom. The van der Waals surface area contributed by atoms with E-state index >= 15 is 0 Å². The van der Waals surface area contributed by atoms with Gasteiger partial charge in [0.05, 0.1) is 23.0 Å². The van der Waals surface area contributed by atoms with Gasteiger partial charge >= 0.3 is 0 Å². The predicted molar refractivity (Wildman–Crippen MR) is 90.3 cm³/mol. The Balaban J connectivity index is 1.49. The van der Waals surface area contributed by atoms with Crippen molar-refractivity contribution in [3.63, 3.8) is 0 Å². The van der Waals surface area contributed by atoms with E-state index in [4.69, 9.17) is 11.6 Å². The second-order valence-corrected chi connectivity index (χ2v) is 6.41. The van der Waals surface area contributed by atoms with Crippen LogP contribution in [-0.2, 0) is 16.8 Å². The van der Waals surface area contributed by atoms with Gasteiger partial charge in [-0.15, -0.1) is 0 Å². The molecule has 2 N–H and O–H groups in total. The third-order valence-corrected chi connectivity index (χ3v) is 4.65. The van der Waals surface area contributed by atoms with Crippen LogP contribution in [0.25, 0.3) is 11.0 Å². The first-order valence-electron chi connectivity index (χ1n) is 7.65. The molecule has 0 bridgehead atoms. The summed E-state index contributed by atoms with van der Waals surface area (Å²) in [5.74, 6) is 0.807. The van der Waals surface area contributed by atoms with Crippen LogP contribution < -0.4 is 5.32 Å². The highest BCUT2D eigenvalue weighted by molar-refractivity contribution is 6.30. The van der Waals surface area contributed by atoms with E-state index in [1.807, 2.05) is 48.5 Å². The topological polar surface area (TPSA) is 57.8 Å². The Morgan fingerprint density at radius 3 is 2.78 bits per heavy atom. The molecule has 0 atom stereocenters. The fourth-order valence-corrected chi connectivity index (χ4v) is 3.17. The van der Waals surface area contributed by atoms with Crippen LogP contribution in [0.4, 0.5) is 0 Å². The van der Waals surface area contributed by atoms with E-state index in [2.05, 4.69) is 15.3 Å². The van der Waals surface area contributed by atoms with Crippen molar-refractivity contribution in [1.29, 1.82) is 0 Å². The van der Waals surface area contributed by atoms with Gasteiger partial charge in [-0.1, -0.05) is 35.9 Å². The normalized spacial score (nSPS) is 15.5. The first kappa shape index (κ1) is 14.3. The Hall–Kier alpha value is -2.33. The molecule has 2 aromatic carbocycles. The quantitative estimate of drug-likeness (QED) is 0.770. The highest BCUT2D eigenvalue weighted by Crippen LogP contribution is 2.48. The zero-order valence-electron chi connectivity index (χ0n) is 12.5. The molecule has 1 heterocycles. The van der Waals surface area contributed by atoms with Gasteiger partial charge in [-0.3, -0.25) is 4.79 Å². The summed E-state index contributed by atoms with van der Waals surface area (Å²) in [6.07, 6.45) is 1.72. The van der Waals surface area contributed by atoms with Crippen molar-refractivity contribution in [2.45, 2.75) is 24.8 Å². The molecule has 1 amide bonds. The third-order valence-electron chi connectivity index (χ3n) is 4.42. The van der Waals surface area contributed by atoms with Crippen LogP contribution in [0.1, 0.15) is 24.2 Å². The van der Waals surface area contributed by atoms with Crippen LogP contribution >= 0.6 is 11.6 Å². The summed E-state index contributed by atoms with van der Waals surface area (Å²) in [6.45, 7) is 0.399. The Labute approximate surface area is 138 Å². The minimum Gasteiger partial charge on any atom is -0.348 e. The van der Waals surface area contributed by atoms with Crippen molar-refractivity contribution >= 4 is 28.5 Å². The number of carbonyl (C=O) groups excluding carboxylic acids is 1. The number of carbonyl (C=O) groups is 1. The van der Waals surface area contributed by atoms with Crippen molar-refractivity contribution < 1.29 is 4.79 Å². The minimum atomic E-state index is -0.420. The summed E-state index contributed by atoms with van der Waals surface area (Å²) >= 11 is 6.05. The lowest BCUT2D eigenvalue weighted by Crippen LogP contribution is -2.34. The van der Waals surface area contributed by atoms with E-state index in [1.54, 1.807) is 0 Å². The summed E-state index contributed by atoms with van der Waals surface area (Å²) in [5.41, 5.74) is 2.46. The number of rotatable bonds is 4. The number of hydrogen-bond donors (Lipinski definition) is 2. The molecule has 116 valence electrons. The van der Waals surface area contributed by atoms with Crippen LogP contribution in [-0.4, -0.2) is 15.9 Å². The number of imidazole rings is 1. The molecule has 1 aliphatic carbocycles. The number of nitrogens with zero attached hydrogens (tertiary/aromatic N) is 1. The van der Waals surface area contributed by atoms with Gasteiger partial charge in [-0.2, -0.15) is 0 Å².